The zero-order chi connectivity index (χ0) is 24.4. The largest absolute Gasteiger partial charge is 0.492 e. The first-order valence-corrected chi connectivity index (χ1v) is 11.2. The predicted octanol–water partition coefficient (Wildman–Crippen LogP) is 4.89. The quantitative estimate of drug-likeness (QED) is 0.509. The Morgan fingerprint density at radius 2 is 2.00 bits per heavy atom. The molecule has 0 bridgehead atoms. The Kier molecular flexibility index (Phi) is 7.07. The van der Waals surface area contributed by atoms with Crippen molar-refractivity contribution in [1.29, 1.82) is 0 Å². The van der Waals surface area contributed by atoms with Crippen molar-refractivity contribution in [1.82, 2.24) is 10.3 Å². The molecule has 0 saturated heterocycles. The molecule has 33 heavy (non-hydrogen) atoms. The lowest BCUT2D eigenvalue weighted by Gasteiger charge is -2.26. The summed E-state index contributed by atoms with van der Waals surface area (Å²) < 4.78 is 17.2. The number of amides is 1. The number of ether oxygens (including phenoxy) is 3. The third-order valence-electron chi connectivity index (χ3n) is 5.36. The van der Waals surface area contributed by atoms with E-state index < -0.39 is 24.0 Å². The molecule has 0 fully saturated rings. The van der Waals surface area contributed by atoms with Crippen LogP contribution < -0.4 is 20.1 Å². The molecule has 0 saturated carbocycles. The number of pyridine rings is 1. The smallest absolute Gasteiger partial charge is 0.408 e. The van der Waals surface area contributed by atoms with Crippen LogP contribution in [0.4, 0.5) is 10.5 Å². The maximum Gasteiger partial charge on any atom is 0.408 e. The zero-order valence-corrected chi connectivity index (χ0v) is 20.5. The Bertz CT molecular complexity index is 983. The third-order valence-corrected chi connectivity index (χ3v) is 5.36. The number of aliphatic hydroxyl groups is 1. The number of carbonyl (C=O) groups excluding carboxylic acids is 1. The molecule has 8 heteroatoms. The van der Waals surface area contributed by atoms with Gasteiger partial charge in [0.2, 0.25) is 5.88 Å². The van der Waals surface area contributed by atoms with E-state index in [2.05, 4.69) is 29.5 Å². The molecule has 0 spiro atoms. The Morgan fingerprint density at radius 1 is 1.27 bits per heavy atom. The molecule has 1 aromatic carbocycles. The fourth-order valence-electron chi connectivity index (χ4n) is 3.68. The SMILES string of the molecule is CCC(NC(=O)OC(C)(C)C)C(O)Nc1ccc(Oc2ccc(C)c3c2C(C)(C)CO3)nc1. The summed E-state index contributed by atoms with van der Waals surface area (Å²) in [5.74, 6) is 2.03. The molecule has 2 unspecified atom stereocenters. The van der Waals surface area contributed by atoms with Gasteiger partial charge in [0.1, 0.15) is 23.3 Å². The van der Waals surface area contributed by atoms with Crippen molar-refractivity contribution in [3.05, 3.63) is 41.6 Å². The van der Waals surface area contributed by atoms with E-state index in [4.69, 9.17) is 14.2 Å². The molecular formula is C25H35N3O5. The van der Waals surface area contributed by atoms with Crippen molar-refractivity contribution in [2.45, 2.75) is 78.2 Å². The molecular weight excluding hydrogens is 422 g/mol. The number of fused-ring (bicyclic) bond motifs is 1. The number of aliphatic hydroxyl groups excluding tert-OH is 1. The van der Waals surface area contributed by atoms with Gasteiger partial charge < -0.3 is 30.0 Å². The van der Waals surface area contributed by atoms with E-state index in [1.807, 2.05) is 26.0 Å². The fraction of sp³-hybridized carbons (Fsp3) is 0.520. The summed E-state index contributed by atoms with van der Waals surface area (Å²) in [6, 6.07) is 6.88. The van der Waals surface area contributed by atoms with Gasteiger partial charge in [-0.15, -0.1) is 0 Å². The average Bonchev–Trinajstić information content (AvgIpc) is 3.04. The number of nitrogens with one attached hydrogen (secondary N) is 2. The van der Waals surface area contributed by atoms with Crippen molar-refractivity contribution in [2.24, 2.45) is 0 Å². The van der Waals surface area contributed by atoms with Gasteiger partial charge in [-0.25, -0.2) is 9.78 Å². The summed E-state index contributed by atoms with van der Waals surface area (Å²) in [6.45, 7) is 14.1. The lowest BCUT2D eigenvalue weighted by atomic mass is 9.85. The molecule has 180 valence electrons. The van der Waals surface area contributed by atoms with E-state index in [0.717, 1.165) is 22.6 Å². The highest BCUT2D eigenvalue weighted by atomic mass is 16.6. The first kappa shape index (κ1) is 24.6. The standard InChI is InChI=1S/C25H35N3O5/c1-8-17(28-23(30)33-24(3,4)5)22(29)27-16-10-12-19(26-13-16)32-18-11-9-15(2)21-20(18)25(6,7)14-31-21/h9-13,17,22,27,29H,8,14H2,1-7H3,(H,28,30). The van der Waals surface area contributed by atoms with E-state index in [0.29, 0.717) is 24.6 Å². The second kappa shape index (κ2) is 9.47. The number of benzene rings is 1. The van der Waals surface area contributed by atoms with Crippen LogP contribution in [0, 0.1) is 6.92 Å². The van der Waals surface area contributed by atoms with Crippen molar-refractivity contribution in [3.63, 3.8) is 0 Å². The van der Waals surface area contributed by atoms with Gasteiger partial charge >= 0.3 is 6.09 Å². The van der Waals surface area contributed by atoms with E-state index in [9.17, 15) is 9.90 Å². The number of nitrogens with zero attached hydrogens (tertiary/aromatic N) is 1. The molecule has 1 aliphatic heterocycles. The van der Waals surface area contributed by atoms with Crippen LogP contribution in [-0.4, -0.2) is 40.7 Å². The highest BCUT2D eigenvalue weighted by Gasteiger charge is 2.36. The van der Waals surface area contributed by atoms with Crippen LogP contribution >= 0.6 is 0 Å². The summed E-state index contributed by atoms with van der Waals surface area (Å²) in [5.41, 5.74) is 1.95. The Hall–Kier alpha value is -3.00. The second-order valence-electron chi connectivity index (χ2n) is 9.99. The molecule has 1 amide bonds. The van der Waals surface area contributed by atoms with Gasteiger partial charge in [0.05, 0.1) is 24.5 Å². The van der Waals surface area contributed by atoms with Gasteiger partial charge in [-0.3, -0.25) is 0 Å². The van der Waals surface area contributed by atoms with Crippen molar-refractivity contribution < 1.29 is 24.1 Å². The topological polar surface area (TPSA) is 102 Å². The lowest BCUT2D eigenvalue weighted by Crippen LogP contribution is -2.48. The minimum atomic E-state index is -1.02. The highest BCUT2D eigenvalue weighted by molar-refractivity contribution is 5.68. The number of hydrogen-bond donors (Lipinski definition) is 3. The number of aryl methyl sites for hydroxylation is 1. The minimum absolute atomic E-state index is 0.154. The molecule has 2 atom stereocenters. The van der Waals surface area contributed by atoms with Crippen molar-refractivity contribution in [2.75, 3.05) is 11.9 Å². The van der Waals surface area contributed by atoms with Crippen LogP contribution in [0.3, 0.4) is 0 Å². The summed E-state index contributed by atoms with van der Waals surface area (Å²) in [7, 11) is 0. The first-order chi connectivity index (χ1) is 15.4. The monoisotopic (exact) mass is 457 g/mol. The lowest BCUT2D eigenvalue weighted by molar-refractivity contribution is 0.0441. The normalized spacial score (nSPS) is 16.2. The Labute approximate surface area is 195 Å². The second-order valence-corrected chi connectivity index (χ2v) is 9.99. The van der Waals surface area contributed by atoms with E-state index in [1.165, 1.54) is 0 Å². The summed E-state index contributed by atoms with van der Waals surface area (Å²) in [6.07, 6.45) is 0.497. The number of alkyl carbamates (subject to hydrolysis) is 1. The van der Waals surface area contributed by atoms with Crippen LogP contribution in [0.25, 0.3) is 0 Å². The number of rotatable bonds is 7. The van der Waals surface area contributed by atoms with Gasteiger partial charge in [-0.1, -0.05) is 26.8 Å². The van der Waals surface area contributed by atoms with Crippen LogP contribution in [0.15, 0.2) is 30.5 Å². The molecule has 2 aromatic rings. The van der Waals surface area contributed by atoms with E-state index in [1.54, 1.807) is 39.1 Å². The molecule has 1 aromatic heterocycles. The van der Waals surface area contributed by atoms with Crippen LogP contribution in [0.5, 0.6) is 17.4 Å². The molecule has 0 aliphatic carbocycles. The summed E-state index contributed by atoms with van der Waals surface area (Å²) in [5, 5.41) is 16.2. The minimum Gasteiger partial charge on any atom is -0.492 e. The van der Waals surface area contributed by atoms with Crippen molar-refractivity contribution >= 4 is 11.8 Å². The van der Waals surface area contributed by atoms with Gasteiger partial charge in [0.25, 0.3) is 0 Å². The number of anilines is 1. The number of carbonyl (C=O) groups is 1. The Balaban J connectivity index is 1.65. The maximum absolute atomic E-state index is 12.0. The van der Waals surface area contributed by atoms with E-state index >= 15 is 0 Å². The highest BCUT2D eigenvalue weighted by Crippen LogP contribution is 2.47. The molecule has 2 heterocycles. The molecule has 0 radical (unpaired) electrons. The van der Waals surface area contributed by atoms with Crippen LogP contribution in [0.1, 0.15) is 59.1 Å². The maximum atomic E-state index is 12.0. The van der Waals surface area contributed by atoms with Crippen molar-refractivity contribution in [3.8, 4) is 17.4 Å². The van der Waals surface area contributed by atoms with Gasteiger partial charge in [0.15, 0.2) is 0 Å². The number of hydrogen-bond acceptors (Lipinski definition) is 7. The Morgan fingerprint density at radius 3 is 2.61 bits per heavy atom. The third kappa shape index (κ3) is 6.07. The zero-order valence-electron chi connectivity index (χ0n) is 20.5. The first-order valence-electron chi connectivity index (χ1n) is 11.2. The fourth-order valence-corrected chi connectivity index (χ4v) is 3.68. The average molecular weight is 458 g/mol. The molecule has 1 aliphatic rings. The predicted molar refractivity (Wildman–Crippen MR) is 127 cm³/mol. The van der Waals surface area contributed by atoms with Gasteiger partial charge in [0, 0.05) is 17.0 Å². The van der Waals surface area contributed by atoms with Gasteiger partial charge in [-0.2, -0.15) is 0 Å². The van der Waals surface area contributed by atoms with Crippen LogP contribution in [-0.2, 0) is 10.2 Å². The number of aromatic nitrogens is 1. The molecule has 3 rings (SSSR count). The molecule has 8 nitrogen and oxygen atoms in total. The summed E-state index contributed by atoms with van der Waals surface area (Å²) >= 11 is 0. The van der Waals surface area contributed by atoms with Crippen LogP contribution in [0.2, 0.25) is 0 Å². The summed E-state index contributed by atoms with van der Waals surface area (Å²) in [4.78, 5) is 16.4. The molecule has 3 N–H and O–H groups in total. The van der Waals surface area contributed by atoms with Gasteiger partial charge in [-0.05, 0) is 51.8 Å². The van der Waals surface area contributed by atoms with E-state index in [-0.39, 0.29) is 5.41 Å².